The van der Waals surface area contributed by atoms with Crippen molar-refractivity contribution < 1.29 is 13.9 Å². The highest BCUT2D eigenvalue weighted by atomic mass is 19.1. The zero-order chi connectivity index (χ0) is 11.0. The Labute approximate surface area is 85.1 Å². The third-order valence-corrected chi connectivity index (χ3v) is 1.86. The zero-order valence-electron chi connectivity index (χ0n) is 9.18. The monoisotopic (exact) mass is 202 g/mol. The molecule has 0 fully saturated rings. The maximum Gasteiger partial charge on any atom is 0.333 e. The van der Waals surface area contributed by atoms with Crippen LogP contribution in [-0.4, -0.2) is 18.7 Å². The molecule has 0 saturated carbocycles. The molecule has 82 valence electrons. The average molecular weight is 202 g/mol. The van der Waals surface area contributed by atoms with Crippen LogP contribution in [0.1, 0.15) is 40.0 Å². The lowest BCUT2D eigenvalue weighted by Gasteiger charge is -2.04. The van der Waals surface area contributed by atoms with Crippen molar-refractivity contribution in [1.82, 2.24) is 0 Å². The van der Waals surface area contributed by atoms with Crippen LogP contribution in [0, 0.1) is 0 Å². The van der Waals surface area contributed by atoms with Gasteiger partial charge in [-0.3, -0.25) is 0 Å². The maximum atomic E-state index is 13.2. The summed E-state index contributed by atoms with van der Waals surface area (Å²) in [6.45, 7) is 5.65. The van der Waals surface area contributed by atoms with Gasteiger partial charge in [-0.05, 0) is 26.3 Å². The molecule has 0 aromatic carbocycles. The number of rotatable bonds is 6. The minimum absolute atomic E-state index is 0.329. The molecule has 0 aliphatic heterocycles. The number of hydrogen-bond acceptors (Lipinski definition) is 2. The molecule has 14 heavy (non-hydrogen) atoms. The minimum atomic E-state index is -1.03. The van der Waals surface area contributed by atoms with E-state index < -0.39 is 12.1 Å². The van der Waals surface area contributed by atoms with Gasteiger partial charge in [-0.15, -0.1) is 0 Å². The van der Waals surface area contributed by atoms with Crippen molar-refractivity contribution in [2.45, 2.75) is 46.2 Å². The zero-order valence-corrected chi connectivity index (χ0v) is 9.18. The van der Waals surface area contributed by atoms with Crippen molar-refractivity contribution in [3.63, 3.8) is 0 Å². The normalized spacial score (nSPS) is 13.9. The van der Waals surface area contributed by atoms with E-state index >= 15 is 0 Å². The number of hydrogen-bond donors (Lipinski definition) is 0. The van der Waals surface area contributed by atoms with Gasteiger partial charge in [0.25, 0.3) is 0 Å². The van der Waals surface area contributed by atoms with E-state index in [4.69, 9.17) is 4.74 Å². The van der Waals surface area contributed by atoms with Gasteiger partial charge in [-0.1, -0.05) is 19.8 Å². The number of halogens is 1. The molecular formula is C11H19FO2. The average Bonchev–Trinajstić information content (AvgIpc) is 2.15. The number of allylic oxidation sites excluding steroid dienone is 1. The number of carbonyl (C=O) groups is 1. The quantitative estimate of drug-likeness (QED) is 0.489. The summed E-state index contributed by atoms with van der Waals surface area (Å²) in [4.78, 5) is 11.1. The highest BCUT2D eigenvalue weighted by molar-refractivity contribution is 5.87. The largest absolute Gasteiger partial charge is 0.463 e. The first-order valence-corrected chi connectivity index (χ1v) is 5.11. The lowest BCUT2D eigenvalue weighted by molar-refractivity contribution is -0.138. The number of alkyl halides is 1. The highest BCUT2D eigenvalue weighted by Gasteiger charge is 2.08. The summed E-state index contributed by atoms with van der Waals surface area (Å²) in [5, 5.41) is 0. The maximum absolute atomic E-state index is 13.2. The van der Waals surface area contributed by atoms with E-state index in [0.717, 1.165) is 12.8 Å². The predicted molar refractivity (Wildman–Crippen MR) is 54.8 cm³/mol. The topological polar surface area (TPSA) is 26.3 Å². The van der Waals surface area contributed by atoms with E-state index in [0.29, 0.717) is 18.6 Å². The Morgan fingerprint density at radius 3 is 2.64 bits per heavy atom. The highest BCUT2D eigenvalue weighted by Crippen LogP contribution is 2.09. The first kappa shape index (κ1) is 13.1. The molecule has 0 aliphatic carbocycles. The third-order valence-electron chi connectivity index (χ3n) is 1.86. The fraction of sp³-hybridized carbons (Fsp3) is 0.727. The summed E-state index contributed by atoms with van der Waals surface area (Å²) in [6.07, 6.45) is 2.60. The van der Waals surface area contributed by atoms with Crippen LogP contribution in [0.25, 0.3) is 0 Å². The van der Waals surface area contributed by atoms with Crippen molar-refractivity contribution in [2.75, 3.05) is 6.61 Å². The molecule has 0 heterocycles. The van der Waals surface area contributed by atoms with E-state index in [-0.39, 0.29) is 0 Å². The Kier molecular flexibility index (Phi) is 7.07. The second-order valence-electron chi connectivity index (χ2n) is 3.23. The molecule has 1 unspecified atom stereocenters. The molecule has 0 N–H and O–H groups in total. The van der Waals surface area contributed by atoms with Crippen LogP contribution in [0.4, 0.5) is 4.39 Å². The van der Waals surface area contributed by atoms with E-state index in [9.17, 15) is 9.18 Å². The van der Waals surface area contributed by atoms with E-state index in [1.807, 2.05) is 6.92 Å². The van der Waals surface area contributed by atoms with Crippen molar-refractivity contribution in [3.05, 3.63) is 11.6 Å². The Morgan fingerprint density at radius 1 is 1.50 bits per heavy atom. The summed E-state index contributed by atoms with van der Waals surface area (Å²) in [5.74, 6) is -0.424. The van der Waals surface area contributed by atoms with Gasteiger partial charge >= 0.3 is 5.97 Å². The number of ether oxygens (including phenoxy) is 1. The first-order valence-electron chi connectivity index (χ1n) is 5.11. The summed E-state index contributed by atoms with van der Waals surface area (Å²) in [7, 11) is 0. The Hall–Kier alpha value is -0.860. The predicted octanol–water partition coefficient (Wildman–Crippen LogP) is 3.02. The lowest BCUT2D eigenvalue weighted by atomic mass is 10.1. The van der Waals surface area contributed by atoms with Crippen LogP contribution in [-0.2, 0) is 9.53 Å². The molecule has 0 aromatic rings. The van der Waals surface area contributed by atoms with Crippen LogP contribution in [0.5, 0.6) is 0 Å². The van der Waals surface area contributed by atoms with E-state index in [1.165, 1.54) is 6.08 Å². The van der Waals surface area contributed by atoms with Gasteiger partial charge < -0.3 is 4.74 Å². The minimum Gasteiger partial charge on any atom is -0.463 e. The fourth-order valence-corrected chi connectivity index (χ4v) is 1.07. The Balaban J connectivity index is 4.00. The Bertz CT molecular complexity index is 199. The second kappa shape index (κ2) is 7.54. The van der Waals surface area contributed by atoms with Crippen molar-refractivity contribution in [3.8, 4) is 0 Å². The fourth-order valence-electron chi connectivity index (χ4n) is 1.07. The molecule has 0 radical (unpaired) electrons. The number of carbonyl (C=O) groups excluding carboxylic acids is 1. The summed E-state index contributed by atoms with van der Waals surface area (Å²) in [6, 6.07) is 0. The molecular weight excluding hydrogens is 183 g/mol. The van der Waals surface area contributed by atoms with Gasteiger partial charge in [0.05, 0.1) is 6.61 Å². The summed E-state index contributed by atoms with van der Waals surface area (Å²) < 4.78 is 17.9. The molecule has 1 atom stereocenters. The smallest absolute Gasteiger partial charge is 0.333 e. The van der Waals surface area contributed by atoms with Gasteiger partial charge in [-0.25, -0.2) is 9.18 Å². The SMILES string of the molecule is CCCCC(F)/C=C(\C)C(=O)OCC. The van der Waals surface area contributed by atoms with Crippen molar-refractivity contribution >= 4 is 5.97 Å². The molecule has 0 saturated heterocycles. The van der Waals surface area contributed by atoms with Gasteiger partial charge in [-0.2, -0.15) is 0 Å². The van der Waals surface area contributed by atoms with Gasteiger partial charge in [0.15, 0.2) is 0 Å². The van der Waals surface area contributed by atoms with Crippen LogP contribution in [0.3, 0.4) is 0 Å². The number of unbranched alkanes of at least 4 members (excludes halogenated alkanes) is 1. The molecule has 0 bridgehead atoms. The molecule has 0 amide bonds. The molecule has 0 aliphatic rings. The second-order valence-corrected chi connectivity index (χ2v) is 3.23. The summed E-state index contributed by atoms with van der Waals surface area (Å²) in [5.41, 5.74) is 0.357. The standard InChI is InChI=1S/C11H19FO2/c1-4-6-7-10(12)8-9(3)11(13)14-5-2/h8,10H,4-7H2,1-3H3/b9-8+. The number of esters is 1. The molecule has 3 heteroatoms. The molecule has 0 spiro atoms. The van der Waals surface area contributed by atoms with Crippen LogP contribution < -0.4 is 0 Å². The molecule has 2 nitrogen and oxygen atoms in total. The van der Waals surface area contributed by atoms with E-state index in [1.54, 1.807) is 13.8 Å². The van der Waals surface area contributed by atoms with Crippen LogP contribution in [0.15, 0.2) is 11.6 Å². The Morgan fingerprint density at radius 2 is 2.14 bits per heavy atom. The van der Waals surface area contributed by atoms with Gasteiger partial charge in [0.1, 0.15) is 6.17 Å². The third kappa shape index (κ3) is 5.73. The summed E-state index contributed by atoms with van der Waals surface area (Å²) >= 11 is 0. The van der Waals surface area contributed by atoms with Crippen LogP contribution >= 0.6 is 0 Å². The van der Waals surface area contributed by atoms with Crippen LogP contribution in [0.2, 0.25) is 0 Å². The molecule has 0 aromatic heterocycles. The van der Waals surface area contributed by atoms with Crippen molar-refractivity contribution in [1.29, 1.82) is 0 Å². The first-order chi connectivity index (χ1) is 6.61. The van der Waals surface area contributed by atoms with Gasteiger partial charge in [0, 0.05) is 5.57 Å². The van der Waals surface area contributed by atoms with E-state index in [2.05, 4.69) is 0 Å². The molecule has 0 rings (SSSR count). The van der Waals surface area contributed by atoms with Gasteiger partial charge in [0.2, 0.25) is 0 Å². The lowest BCUT2D eigenvalue weighted by Crippen LogP contribution is -2.07. The van der Waals surface area contributed by atoms with Crippen molar-refractivity contribution in [2.24, 2.45) is 0 Å².